The molecule has 0 aliphatic carbocycles. The van der Waals surface area contributed by atoms with E-state index in [2.05, 4.69) is 6.92 Å². The molecule has 2 rings (SSSR count). The number of hydrogen-bond donors (Lipinski definition) is 1. The second-order valence-electron chi connectivity index (χ2n) is 5.82. The summed E-state index contributed by atoms with van der Waals surface area (Å²) < 4.78 is 20.8. The monoisotopic (exact) mass is 364 g/mol. The maximum atomic E-state index is 12.1. The van der Waals surface area contributed by atoms with Gasteiger partial charge in [-0.05, 0) is 18.6 Å². The highest BCUT2D eigenvalue weighted by Crippen LogP contribution is 2.33. The quantitative estimate of drug-likeness (QED) is 0.392. The number of fused-ring (bicyclic) bond motifs is 1. The molecular formula is C19H24O7. The number of aromatic hydroxyl groups is 1. The first-order valence-electron chi connectivity index (χ1n) is 8.71. The van der Waals surface area contributed by atoms with Gasteiger partial charge < -0.3 is 23.7 Å². The minimum atomic E-state index is -0.734. The summed E-state index contributed by atoms with van der Waals surface area (Å²) in [6.45, 7) is 4.06. The van der Waals surface area contributed by atoms with Gasteiger partial charge in [0.2, 0.25) is 5.75 Å². The summed E-state index contributed by atoms with van der Waals surface area (Å²) >= 11 is 0. The zero-order valence-corrected chi connectivity index (χ0v) is 15.1. The molecule has 142 valence electrons. The SMILES string of the molecule is CCCCCCOc1c(O)c2ccc(OCCOC(C)=O)cc2oc1=O. The molecule has 0 fully saturated rings. The maximum absolute atomic E-state index is 12.1. The third-order valence-corrected chi connectivity index (χ3v) is 3.71. The molecule has 1 heterocycles. The Balaban J connectivity index is 2.07. The normalized spacial score (nSPS) is 10.7. The predicted molar refractivity (Wildman–Crippen MR) is 95.9 cm³/mol. The van der Waals surface area contributed by atoms with E-state index in [1.54, 1.807) is 12.1 Å². The van der Waals surface area contributed by atoms with Crippen LogP contribution in [-0.4, -0.2) is 30.9 Å². The first-order valence-corrected chi connectivity index (χ1v) is 8.71. The van der Waals surface area contributed by atoms with E-state index in [0.29, 0.717) is 17.7 Å². The third-order valence-electron chi connectivity index (χ3n) is 3.71. The summed E-state index contributed by atoms with van der Waals surface area (Å²) in [5.41, 5.74) is -0.543. The fourth-order valence-corrected chi connectivity index (χ4v) is 2.41. The number of carbonyl (C=O) groups is 1. The van der Waals surface area contributed by atoms with Gasteiger partial charge in [0.05, 0.1) is 12.0 Å². The summed E-state index contributed by atoms with van der Waals surface area (Å²) in [5, 5.41) is 10.7. The lowest BCUT2D eigenvalue weighted by molar-refractivity contribution is -0.141. The van der Waals surface area contributed by atoms with Crippen LogP contribution in [0.25, 0.3) is 11.0 Å². The second-order valence-corrected chi connectivity index (χ2v) is 5.82. The molecule has 0 amide bonds. The maximum Gasteiger partial charge on any atom is 0.383 e. The molecule has 0 unspecified atom stereocenters. The number of ether oxygens (including phenoxy) is 3. The average molecular weight is 364 g/mol. The van der Waals surface area contributed by atoms with E-state index in [1.165, 1.54) is 13.0 Å². The van der Waals surface area contributed by atoms with Crippen molar-refractivity contribution in [2.45, 2.75) is 39.5 Å². The van der Waals surface area contributed by atoms with Crippen molar-refractivity contribution in [1.29, 1.82) is 0 Å². The lowest BCUT2D eigenvalue weighted by atomic mass is 10.2. The van der Waals surface area contributed by atoms with Crippen LogP contribution in [0.15, 0.2) is 27.4 Å². The van der Waals surface area contributed by atoms with Crippen molar-refractivity contribution in [3.8, 4) is 17.2 Å². The highest BCUT2D eigenvalue weighted by molar-refractivity contribution is 5.86. The third kappa shape index (κ3) is 5.40. The number of rotatable bonds is 10. The van der Waals surface area contributed by atoms with Gasteiger partial charge in [0.15, 0.2) is 5.75 Å². The van der Waals surface area contributed by atoms with Gasteiger partial charge >= 0.3 is 11.6 Å². The van der Waals surface area contributed by atoms with Crippen LogP contribution in [0.2, 0.25) is 0 Å². The molecule has 7 heteroatoms. The number of hydrogen-bond acceptors (Lipinski definition) is 7. The molecule has 7 nitrogen and oxygen atoms in total. The fraction of sp³-hybridized carbons (Fsp3) is 0.474. The van der Waals surface area contributed by atoms with Gasteiger partial charge in [0.1, 0.15) is 24.5 Å². The minimum absolute atomic E-state index is 0.118. The highest BCUT2D eigenvalue weighted by atomic mass is 16.6. The van der Waals surface area contributed by atoms with Crippen LogP contribution < -0.4 is 15.1 Å². The summed E-state index contributed by atoms with van der Waals surface area (Å²) in [7, 11) is 0. The van der Waals surface area contributed by atoms with Crippen molar-refractivity contribution >= 4 is 16.9 Å². The van der Waals surface area contributed by atoms with Crippen LogP contribution in [0.4, 0.5) is 0 Å². The van der Waals surface area contributed by atoms with Crippen molar-refractivity contribution in [3.05, 3.63) is 28.6 Å². The molecule has 0 bridgehead atoms. The van der Waals surface area contributed by atoms with Crippen molar-refractivity contribution in [2.24, 2.45) is 0 Å². The van der Waals surface area contributed by atoms with Gasteiger partial charge in [-0.15, -0.1) is 0 Å². The van der Waals surface area contributed by atoms with E-state index in [1.807, 2.05) is 0 Å². The van der Waals surface area contributed by atoms with E-state index in [9.17, 15) is 14.7 Å². The van der Waals surface area contributed by atoms with E-state index in [-0.39, 0.29) is 36.3 Å². The zero-order chi connectivity index (χ0) is 18.9. The van der Waals surface area contributed by atoms with Gasteiger partial charge in [-0.25, -0.2) is 4.79 Å². The summed E-state index contributed by atoms with van der Waals surface area (Å²) in [6, 6.07) is 4.70. The van der Waals surface area contributed by atoms with Crippen molar-refractivity contribution in [2.75, 3.05) is 19.8 Å². The van der Waals surface area contributed by atoms with Gasteiger partial charge in [0.25, 0.3) is 0 Å². The average Bonchev–Trinajstić information content (AvgIpc) is 2.60. The Kier molecular flexibility index (Phi) is 7.32. The molecule has 0 radical (unpaired) electrons. The van der Waals surface area contributed by atoms with Crippen LogP contribution in [0.5, 0.6) is 17.2 Å². The van der Waals surface area contributed by atoms with Crippen molar-refractivity contribution < 1.29 is 28.5 Å². The van der Waals surface area contributed by atoms with Crippen LogP contribution in [0.3, 0.4) is 0 Å². The molecule has 0 atom stereocenters. The van der Waals surface area contributed by atoms with Gasteiger partial charge in [-0.1, -0.05) is 26.2 Å². The molecule has 26 heavy (non-hydrogen) atoms. The van der Waals surface area contributed by atoms with Gasteiger partial charge in [0, 0.05) is 13.0 Å². The lowest BCUT2D eigenvalue weighted by Gasteiger charge is -2.10. The second kappa shape index (κ2) is 9.70. The van der Waals surface area contributed by atoms with Gasteiger partial charge in [-0.3, -0.25) is 4.79 Å². The summed E-state index contributed by atoms with van der Waals surface area (Å²) in [5.74, 6) is -0.360. The Morgan fingerprint density at radius 1 is 1.12 bits per heavy atom. The Morgan fingerprint density at radius 2 is 1.92 bits per heavy atom. The molecule has 0 aliphatic heterocycles. The minimum Gasteiger partial charge on any atom is -0.504 e. The molecule has 0 saturated heterocycles. The molecule has 1 aromatic heterocycles. The highest BCUT2D eigenvalue weighted by Gasteiger charge is 2.16. The van der Waals surface area contributed by atoms with Crippen LogP contribution in [-0.2, 0) is 9.53 Å². The van der Waals surface area contributed by atoms with E-state index >= 15 is 0 Å². The molecule has 1 aromatic carbocycles. The van der Waals surface area contributed by atoms with E-state index in [4.69, 9.17) is 18.6 Å². The smallest absolute Gasteiger partial charge is 0.383 e. The molecule has 1 N–H and O–H groups in total. The number of esters is 1. The van der Waals surface area contributed by atoms with Crippen LogP contribution >= 0.6 is 0 Å². The van der Waals surface area contributed by atoms with Gasteiger partial charge in [-0.2, -0.15) is 0 Å². The van der Waals surface area contributed by atoms with E-state index in [0.717, 1.165) is 25.7 Å². The summed E-state index contributed by atoms with van der Waals surface area (Å²) in [4.78, 5) is 22.8. The topological polar surface area (TPSA) is 95.2 Å². The largest absolute Gasteiger partial charge is 0.504 e. The molecule has 0 spiro atoms. The molecular weight excluding hydrogens is 340 g/mol. The predicted octanol–water partition coefficient (Wildman–Crippen LogP) is 3.40. The van der Waals surface area contributed by atoms with Crippen LogP contribution in [0.1, 0.15) is 39.5 Å². The molecule has 0 aliphatic rings. The fourth-order valence-electron chi connectivity index (χ4n) is 2.41. The molecule has 0 saturated carbocycles. The lowest BCUT2D eigenvalue weighted by Crippen LogP contribution is -2.10. The first kappa shape index (κ1) is 19.6. The number of carbonyl (C=O) groups excluding carboxylic acids is 1. The zero-order valence-electron chi connectivity index (χ0n) is 15.1. The Labute approximate surface area is 151 Å². The Bertz CT molecular complexity index is 794. The Hall–Kier alpha value is -2.70. The van der Waals surface area contributed by atoms with E-state index < -0.39 is 5.63 Å². The van der Waals surface area contributed by atoms with Crippen molar-refractivity contribution in [3.63, 3.8) is 0 Å². The Morgan fingerprint density at radius 3 is 2.65 bits per heavy atom. The number of benzene rings is 1. The summed E-state index contributed by atoms with van der Waals surface area (Å²) in [6.07, 6.45) is 4.01. The first-order chi connectivity index (χ1) is 12.5. The van der Waals surface area contributed by atoms with Crippen molar-refractivity contribution in [1.82, 2.24) is 0 Å². The molecule has 2 aromatic rings. The standard InChI is InChI=1S/C19H24O7/c1-3-4-5-6-9-25-18-17(21)15-8-7-14(12-16(15)26-19(18)22)24-11-10-23-13(2)20/h7-8,12,21H,3-6,9-11H2,1-2H3. The number of unbranched alkanes of at least 4 members (excludes halogenated alkanes) is 3. The van der Waals surface area contributed by atoms with Crippen LogP contribution in [0, 0.1) is 0 Å².